The van der Waals surface area contributed by atoms with Crippen LogP contribution in [0.5, 0.6) is 5.75 Å². The van der Waals surface area contributed by atoms with Crippen LogP contribution in [0.1, 0.15) is 47.6 Å². The molecule has 1 aliphatic heterocycles. The third kappa shape index (κ3) is 6.74. The van der Waals surface area contributed by atoms with E-state index in [0.717, 1.165) is 61.6 Å². The number of carbonyl (C=O) groups is 1. The van der Waals surface area contributed by atoms with E-state index in [9.17, 15) is 4.79 Å². The molecule has 0 unspecified atom stereocenters. The van der Waals surface area contributed by atoms with E-state index in [2.05, 4.69) is 67.3 Å². The van der Waals surface area contributed by atoms with E-state index in [0.29, 0.717) is 6.61 Å². The van der Waals surface area contributed by atoms with E-state index in [1.807, 2.05) is 35.2 Å². The lowest BCUT2D eigenvalue weighted by Gasteiger charge is -2.38. The molecule has 1 aliphatic rings. The average Bonchev–Trinajstić information content (AvgIpc) is 2.93. The zero-order chi connectivity index (χ0) is 25.3. The van der Waals surface area contributed by atoms with Crippen LogP contribution in [0.3, 0.4) is 0 Å². The van der Waals surface area contributed by atoms with Crippen molar-refractivity contribution in [2.75, 3.05) is 39.8 Å². The normalized spacial score (nSPS) is 15.9. The van der Waals surface area contributed by atoms with E-state index >= 15 is 0 Å². The Hall–Kier alpha value is -3.15. The molecule has 1 heterocycles. The van der Waals surface area contributed by atoms with Gasteiger partial charge in [-0.25, -0.2) is 0 Å². The number of hydrogen-bond acceptors (Lipinski definition) is 4. The number of nitrogens with zero attached hydrogens (tertiary/aromatic N) is 2. The first-order chi connectivity index (χ1) is 17.6. The molecular formula is C31H38N2O3. The van der Waals surface area contributed by atoms with Crippen LogP contribution in [-0.4, -0.2) is 55.5 Å². The quantitative estimate of drug-likeness (QED) is 0.374. The van der Waals surface area contributed by atoms with Crippen LogP contribution in [0.25, 0.3) is 0 Å². The van der Waals surface area contributed by atoms with Crippen LogP contribution in [0, 0.1) is 6.92 Å². The summed E-state index contributed by atoms with van der Waals surface area (Å²) in [6, 6.07) is 26.8. The number of aryl methyl sites for hydroxylation is 1. The first-order valence-corrected chi connectivity index (χ1v) is 12.9. The van der Waals surface area contributed by atoms with Gasteiger partial charge in [-0.15, -0.1) is 0 Å². The van der Waals surface area contributed by atoms with Crippen molar-refractivity contribution in [3.8, 4) is 5.75 Å². The van der Waals surface area contributed by atoms with Gasteiger partial charge in [-0.3, -0.25) is 9.69 Å². The summed E-state index contributed by atoms with van der Waals surface area (Å²) in [7, 11) is 1.69. The van der Waals surface area contributed by atoms with Gasteiger partial charge in [0.1, 0.15) is 5.75 Å². The molecule has 5 nitrogen and oxygen atoms in total. The van der Waals surface area contributed by atoms with Gasteiger partial charge in [-0.1, -0.05) is 79.2 Å². The van der Waals surface area contributed by atoms with Crippen molar-refractivity contribution in [3.63, 3.8) is 0 Å². The first-order valence-electron chi connectivity index (χ1n) is 12.9. The van der Waals surface area contributed by atoms with E-state index in [1.54, 1.807) is 7.11 Å². The highest BCUT2D eigenvalue weighted by atomic mass is 16.5. The van der Waals surface area contributed by atoms with Crippen molar-refractivity contribution in [2.45, 2.75) is 38.9 Å². The molecule has 0 N–H and O–H groups in total. The zero-order valence-corrected chi connectivity index (χ0v) is 21.7. The molecule has 4 rings (SSSR count). The van der Waals surface area contributed by atoms with Crippen LogP contribution in [0.4, 0.5) is 0 Å². The summed E-state index contributed by atoms with van der Waals surface area (Å²) in [4.78, 5) is 17.7. The van der Waals surface area contributed by atoms with Gasteiger partial charge in [-0.05, 0) is 42.2 Å². The SMILES string of the molecule is CC[C@@H](C(=O)N1CCN(C[C@@H](OCc2ccc(C)cc2)c2cccc(OC)c2)CC1)c1ccccc1. The number of amides is 1. The third-order valence-corrected chi connectivity index (χ3v) is 7.05. The van der Waals surface area contributed by atoms with Gasteiger partial charge in [0.2, 0.25) is 5.91 Å². The third-order valence-electron chi connectivity index (χ3n) is 7.05. The molecule has 1 amide bonds. The lowest BCUT2D eigenvalue weighted by molar-refractivity contribution is -0.135. The molecule has 0 bridgehead atoms. The molecule has 0 radical (unpaired) electrons. The predicted molar refractivity (Wildman–Crippen MR) is 144 cm³/mol. The molecule has 1 fully saturated rings. The summed E-state index contributed by atoms with van der Waals surface area (Å²) < 4.78 is 11.9. The minimum atomic E-state index is -0.0867. The van der Waals surface area contributed by atoms with E-state index in [4.69, 9.17) is 9.47 Å². The molecule has 0 aromatic heterocycles. The molecule has 0 spiro atoms. The second-order valence-corrected chi connectivity index (χ2v) is 9.56. The van der Waals surface area contributed by atoms with Crippen LogP contribution in [0.2, 0.25) is 0 Å². The molecule has 5 heteroatoms. The van der Waals surface area contributed by atoms with Gasteiger partial charge < -0.3 is 14.4 Å². The summed E-state index contributed by atoms with van der Waals surface area (Å²) in [6.45, 7) is 8.67. The van der Waals surface area contributed by atoms with Crippen molar-refractivity contribution < 1.29 is 14.3 Å². The molecule has 36 heavy (non-hydrogen) atoms. The molecule has 3 aromatic carbocycles. The highest BCUT2D eigenvalue weighted by Crippen LogP contribution is 2.26. The number of benzene rings is 3. The second-order valence-electron chi connectivity index (χ2n) is 9.56. The summed E-state index contributed by atoms with van der Waals surface area (Å²) in [5.41, 5.74) is 4.62. The van der Waals surface area contributed by atoms with Crippen LogP contribution >= 0.6 is 0 Å². The van der Waals surface area contributed by atoms with E-state index < -0.39 is 0 Å². The average molecular weight is 487 g/mol. The van der Waals surface area contributed by atoms with E-state index in [-0.39, 0.29) is 17.9 Å². The summed E-state index contributed by atoms with van der Waals surface area (Å²) in [5, 5.41) is 0. The Balaban J connectivity index is 1.39. The highest BCUT2D eigenvalue weighted by Gasteiger charge is 2.28. The van der Waals surface area contributed by atoms with Gasteiger partial charge in [0.25, 0.3) is 0 Å². The monoisotopic (exact) mass is 486 g/mol. The Morgan fingerprint density at radius 2 is 1.58 bits per heavy atom. The molecule has 2 atom stereocenters. The van der Waals surface area contributed by atoms with Gasteiger partial charge in [-0.2, -0.15) is 0 Å². The standard InChI is InChI=1S/C31H38N2O3/c1-4-29(26-9-6-5-7-10-26)31(34)33-19-17-32(18-20-33)22-30(27-11-8-12-28(21-27)35-3)36-23-25-15-13-24(2)14-16-25/h5-16,21,29-30H,4,17-20,22-23H2,1-3H3/t29-,30-/m1/s1. The van der Waals surface area contributed by atoms with Gasteiger partial charge >= 0.3 is 0 Å². The Morgan fingerprint density at radius 1 is 0.889 bits per heavy atom. The van der Waals surface area contributed by atoms with Gasteiger partial charge in [0, 0.05) is 32.7 Å². The fraction of sp³-hybridized carbons (Fsp3) is 0.387. The Labute approximate surface area is 215 Å². The Bertz CT molecular complexity index is 1090. The molecule has 3 aromatic rings. The number of hydrogen-bond donors (Lipinski definition) is 0. The Morgan fingerprint density at radius 3 is 2.25 bits per heavy atom. The lowest BCUT2D eigenvalue weighted by atomic mass is 9.95. The maximum atomic E-state index is 13.3. The maximum absolute atomic E-state index is 13.3. The minimum Gasteiger partial charge on any atom is -0.497 e. The fourth-order valence-corrected chi connectivity index (χ4v) is 4.82. The summed E-state index contributed by atoms with van der Waals surface area (Å²) in [6.07, 6.45) is 0.727. The molecular weight excluding hydrogens is 448 g/mol. The minimum absolute atomic E-state index is 0.0693. The highest BCUT2D eigenvalue weighted by molar-refractivity contribution is 5.83. The van der Waals surface area contributed by atoms with Crippen LogP contribution < -0.4 is 4.74 Å². The molecule has 0 aliphatic carbocycles. The zero-order valence-electron chi connectivity index (χ0n) is 21.7. The van der Waals surface area contributed by atoms with Crippen molar-refractivity contribution in [3.05, 3.63) is 101 Å². The lowest BCUT2D eigenvalue weighted by Crippen LogP contribution is -2.50. The van der Waals surface area contributed by atoms with Crippen LogP contribution in [-0.2, 0) is 16.1 Å². The van der Waals surface area contributed by atoms with Crippen molar-refractivity contribution in [1.29, 1.82) is 0 Å². The van der Waals surface area contributed by atoms with Crippen molar-refractivity contribution in [2.24, 2.45) is 0 Å². The van der Waals surface area contributed by atoms with Crippen LogP contribution in [0.15, 0.2) is 78.9 Å². The second kappa shape index (κ2) is 12.7. The Kier molecular flexibility index (Phi) is 9.15. The summed E-state index contributed by atoms with van der Waals surface area (Å²) in [5.74, 6) is 1.00. The number of methoxy groups -OCH3 is 1. The number of rotatable bonds is 10. The topological polar surface area (TPSA) is 42.0 Å². The maximum Gasteiger partial charge on any atom is 0.230 e. The molecule has 190 valence electrons. The fourth-order valence-electron chi connectivity index (χ4n) is 4.82. The van der Waals surface area contributed by atoms with Crippen molar-refractivity contribution in [1.82, 2.24) is 9.80 Å². The number of carbonyl (C=O) groups excluding carboxylic acids is 1. The smallest absolute Gasteiger partial charge is 0.230 e. The number of ether oxygens (including phenoxy) is 2. The predicted octanol–water partition coefficient (Wildman–Crippen LogP) is 5.60. The van der Waals surface area contributed by atoms with Crippen molar-refractivity contribution >= 4 is 5.91 Å². The molecule has 1 saturated heterocycles. The largest absolute Gasteiger partial charge is 0.497 e. The molecule has 0 saturated carbocycles. The number of piperazine rings is 1. The van der Waals surface area contributed by atoms with Gasteiger partial charge in [0.15, 0.2) is 0 Å². The van der Waals surface area contributed by atoms with Gasteiger partial charge in [0.05, 0.1) is 25.7 Å². The van der Waals surface area contributed by atoms with E-state index in [1.165, 1.54) is 5.56 Å². The summed E-state index contributed by atoms with van der Waals surface area (Å²) >= 11 is 0. The first kappa shape index (κ1) is 25.9.